The molecule has 0 spiro atoms. The summed E-state index contributed by atoms with van der Waals surface area (Å²) in [5.41, 5.74) is 2.70. The van der Waals surface area contributed by atoms with Gasteiger partial charge < -0.3 is 19.7 Å². The molecule has 1 N–H and O–H groups in total. The second kappa shape index (κ2) is 8.59. The Balaban J connectivity index is 1.57. The van der Waals surface area contributed by atoms with Crippen LogP contribution in [0.2, 0.25) is 0 Å². The van der Waals surface area contributed by atoms with Gasteiger partial charge in [-0.25, -0.2) is 0 Å². The summed E-state index contributed by atoms with van der Waals surface area (Å²) < 4.78 is 11.7. The third-order valence-corrected chi connectivity index (χ3v) is 5.29. The summed E-state index contributed by atoms with van der Waals surface area (Å²) in [7, 11) is 1.57. The second-order valence-electron chi connectivity index (χ2n) is 6.76. The first-order valence-electron chi connectivity index (χ1n) is 9.30. The van der Waals surface area contributed by atoms with Crippen molar-refractivity contribution in [3.8, 4) is 11.5 Å². The predicted molar refractivity (Wildman–Crippen MR) is 118 cm³/mol. The number of carbonyl (C=O) groups excluding carboxylic acids is 2. The van der Waals surface area contributed by atoms with E-state index in [-0.39, 0.29) is 18.4 Å². The molecule has 0 saturated carbocycles. The number of ether oxygens (including phenoxy) is 2. The van der Waals surface area contributed by atoms with Crippen molar-refractivity contribution in [2.24, 2.45) is 0 Å². The highest BCUT2D eigenvalue weighted by atomic mass is 79.9. The molecule has 0 aromatic heterocycles. The summed E-state index contributed by atoms with van der Waals surface area (Å²) >= 11 is 3.42. The highest BCUT2D eigenvalue weighted by molar-refractivity contribution is 9.10. The van der Waals surface area contributed by atoms with Crippen LogP contribution < -0.4 is 19.7 Å². The Labute approximate surface area is 182 Å². The first-order valence-corrected chi connectivity index (χ1v) is 10.1. The number of nitrogens with zero attached hydrogens (tertiary/aromatic N) is 1. The lowest BCUT2D eigenvalue weighted by Crippen LogP contribution is -2.38. The van der Waals surface area contributed by atoms with Crippen LogP contribution in [0.1, 0.15) is 15.9 Å². The topological polar surface area (TPSA) is 67.9 Å². The van der Waals surface area contributed by atoms with Gasteiger partial charge >= 0.3 is 0 Å². The first-order chi connectivity index (χ1) is 14.5. The number of nitrogens with one attached hydrogen (secondary N) is 1. The minimum absolute atomic E-state index is 0.0128. The average molecular weight is 467 g/mol. The lowest BCUT2D eigenvalue weighted by atomic mass is 10.1. The van der Waals surface area contributed by atoms with Crippen molar-refractivity contribution in [2.75, 3.05) is 23.9 Å². The lowest BCUT2D eigenvalue weighted by Gasteiger charge is -2.30. The molecule has 0 unspecified atom stereocenters. The molecule has 1 aliphatic heterocycles. The molecule has 0 bridgehead atoms. The third kappa shape index (κ3) is 4.31. The molecule has 0 radical (unpaired) electrons. The normalized spacial score (nSPS) is 12.7. The molecule has 1 aliphatic rings. The zero-order valence-corrected chi connectivity index (χ0v) is 17.8. The highest BCUT2D eigenvalue weighted by Gasteiger charge is 2.26. The standard InChI is InChI=1S/C23H19BrN2O4/c1-29-19-9-4-16(5-10-19)23(28)25-18-8-11-21-20(12-18)26(22(27)14-30-21)13-15-2-6-17(24)7-3-15/h2-12H,13-14H2,1H3,(H,25,28). The van der Waals surface area contributed by atoms with Crippen molar-refractivity contribution < 1.29 is 19.1 Å². The molecule has 30 heavy (non-hydrogen) atoms. The number of hydrogen-bond acceptors (Lipinski definition) is 4. The van der Waals surface area contributed by atoms with Crippen molar-refractivity contribution in [1.82, 2.24) is 0 Å². The molecule has 0 saturated heterocycles. The summed E-state index contributed by atoms with van der Waals surface area (Å²) in [6.07, 6.45) is 0. The van der Waals surface area contributed by atoms with Crippen LogP contribution in [0.4, 0.5) is 11.4 Å². The fourth-order valence-electron chi connectivity index (χ4n) is 3.17. The molecule has 1 heterocycles. The van der Waals surface area contributed by atoms with Gasteiger partial charge in [-0.1, -0.05) is 28.1 Å². The van der Waals surface area contributed by atoms with Crippen LogP contribution in [-0.4, -0.2) is 25.5 Å². The van der Waals surface area contributed by atoms with E-state index in [4.69, 9.17) is 9.47 Å². The maximum absolute atomic E-state index is 12.6. The van der Waals surface area contributed by atoms with E-state index in [0.29, 0.717) is 35.0 Å². The van der Waals surface area contributed by atoms with Crippen LogP contribution >= 0.6 is 15.9 Å². The van der Waals surface area contributed by atoms with Gasteiger partial charge in [0, 0.05) is 15.7 Å². The molecule has 6 nitrogen and oxygen atoms in total. The number of carbonyl (C=O) groups is 2. The Kier molecular flexibility index (Phi) is 5.72. The molecule has 0 aliphatic carbocycles. The molecule has 3 aromatic carbocycles. The molecule has 7 heteroatoms. The summed E-state index contributed by atoms with van der Waals surface area (Å²) in [4.78, 5) is 26.8. The number of fused-ring (bicyclic) bond motifs is 1. The molecule has 2 amide bonds. The van der Waals surface area contributed by atoms with E-state index >= 15 is 0 Å². The zero-order valence-electron chi connectivity index (χ0n) is 16.2. The van der Waals surface area contributed by atoms with Crippen molar-refractivity contribution in [2.45, 2.75) is 6.54 Å². The van der Waals surface area contributed by atoms with Crippen LogP contribution in [0.15, 0.2) is 71.2 Å². The quantitative estimate of drug-likeness (QED) is 0.594. The van der Waals surface area contributed by atoms with Gasteiger partial charge in [0.2, 0.25) is 0 Å². The summed E-state index contributed by atoms with van der Waals surface area (Å²) in [6, 6.07) is 19.9. The predicted octanol–water partition coefficient (Wildman–Crippen LogP) is 4.64. The number of rotatable bonds is 5. The fourth-order valence-corrected chi connectivity index (χ4v) is 3.44. The van der Waals surface area contributed by atoms with E-state index in [1.807, 2.05) is 24.3 Å². The van der Waals surface area contributed by atoms with Crippen LogP contribution in [0, 0.1) is 0 Å². The Morgan fingerprint density at radius 1 is 1.10 bits per heavy atom. The molecular weight excluding hydrogens is 448 g/mol. The summed E-state index contributed by atoms with van der Waals surface area (Å²) in [5, 5.41) is 2.87. The Morgan fingerprint density at radius 3 is 2.53 bits per heavy atom. The second-order valence-corrected chi connectivity index (χ2v) is 7.68. The molecule has 4 rings (SSSR count). The average Bonchev–Trinajstić information content (AvgIpc) is 2.77. The van der Waals surface area contributed by atoms with E-state index in [2.05, 4.69) is 21.2 Å². The minimum Gasteiger partial charge on any atom is -0.497 e. The third-order valence-electron chi connectivity index (χ3n) is 4.77. The monoisotopic (exact) mass is 466 g/mol. The van der Waals surface area contributed by atoms with E-state index in [0.717, 1.165) is 10.0 Å². The van der Waals surface area contributed by atoms with Gasteiger partial charge in [-0.2, -0.15) is 0 Å². The zero-order chi connectivity index (χ0) is 21.1. The van der Waals surface area contributed by atoms with E-state index < -0.39 is 0 Å². The molecular formula is C23H19BrN2O4. The van der Waals surface area contributed by atoms with Gasteiger partial charge in [0.25, 0.3) is 11.8 Å². The molecule has 3 aromatic rings. The van der Waals surface area contributed by atoms with Crippen molar-refractivity contribution in [3.05, 3.63) is 82.3 Å². The smallest absolute Gasteiger partial charge is 0.265 e. The number of amides is 2. The minimum atomic E-state index is -0.250. The van der Waals surface area contributed by atoms with Crippen molar-refractivity contribution >= 4 is 39.1 Å². The van der Waals surface area contributed by atoms with Crippen molar-refractivity contribution in [3.63, 3.8) is 0 Å². The molecule has 152 valence electrons. The van der Waals surface area contributed by atoms with Crippen LogP contribution in [0.25, 0.3) is 0 Å². The lowest BCUT2D eigenvalue weighted by molar-refractivity contribution is -0.121. The van der Waals surface area contributed by atoms with Gasteiger partial charge in [0.1, 0.15) is 11.5 Å². The largest absolute Gasteiger partial charge is 0.497 e. The van der Waals surface area contributed by atoms with E-state index in [9.17, 15) is 9.59 Å². The fraction of sp³-hybridized carbons (Fsp3) is 0.130. The number of methoxy groups -OCH3 is 1. The highest BCUT2D eigenvalue weighted by Crippen LogP contribution is 2.35. The van der Waals surface area contributed by atoms with Crippen LogP contribution in [0.5, 0.6) is 11.5 Å². The Bertz CT molecular complexity index is 1080. The summed E-state index contributed by atoms with van der Waals surface area (Å²) in [6.45, 7) is 0.402. The Morgan fingerprint density at radius 2 is 1.83 bits per heavy atom. The number of halogens is 1. The van der Waals surface area contributed by atoms with Gasteiger partial charge in [0.15, 0.2) is 6.61 Å². The van der Waals surface area contributed by atoms with Gasteiger partial charge in [-0.3, -0.25) is 9.59 Å². The summed E-state index contributed by atoms with van der Waals surface area (Å²) in [5.74, 6) is 0.901. The van der Waals surface area contributed by atoms with Gasteiger partial charge in [-0.15, -0.1) is 0 Å². The van der Waals surface area contributed by atoms with E-state index in [1.165, 1.54) is 0 Å². The van der Waals surface area contributed by atoms with Crippen LogP contribution in [-0.2, 0) is 11.3 Å². The SMILES string of the molecule is COc1ccc(C(=O)Nc2ccc3c(c2)N(Cc2ccc(Br)cc2)C(=O)CO3)cc1. The van der Waals surface area contributed by atoms with Crippen LogP contribution in [0.3, 0.4) is 0 Å². The maximum Gasteiger partial charge on any atom is 0.265 e. The Hall–Kier alpha value is -3.32. The molecule has 0 fully saturated rings. The van der Waals surface area contributed by atoms with E-state index in [1.54, 1.807) is 54.5 Å². The van der Waals surface area contributed by atoms with Gasteiger partial charge in [-0.05, 0) is 60.2 Å². The molecule has 0 atom stereocenters. The first kappa shape index (κ1) is 20.0. The van der Waals surface area contributed by atoms with Gasteiger partial charge in [0.05, 0.1) is 19.3 Å². The number of anilines is 2. The number of hydrogen-bond donors (Lipinski definition) is 1. The maximum atomic E-state index is 12.6. The number of benzene rings is 3. The van der Waals surface area contributed by atoms with Crippen molar-refractivity contribution in [1.29, 1.82) is 0 Å².